The standard InChI is InChI=1S/C18H23N3O3S/c1-13-16(18(22)19-2)9-6-10-17(13)20-12-14-7-5-8-15(11-14)25(23,24)21(3)4/h5-11,20H,12H2,1-4H3,(H,19,22). The number of anilines is 1. The van der Waals surface area contributed by atoms with Crippen LogP contribution < -0.4 is 10.6 Å². The molecule has 0 aromatic heterocycles. The smallest absolute Gasteiger partial charge is 0.251 e. The van der Waals surface area contributed by atoms with Crippen molar-refractivity contribution < 1.29 is 13.2 Å². The Morgan fingerprint density at radius 2 is 1.80 bits per heavy atom. The highest BCUT2D eigenvalue weighted by Gasteiger charge is 2.17. The molecule has 0 saturated carbocycles. The van der Waals surface area contributed by atoms with Crippen LogP contribution in [0.3, 0.4) is 0 Å². The number of sulfonamides is 1. The molecule has 0 aliphatic rings. The highest BCUT2D eigenvalue weighted by atomic mass is 32.2. The SMILES string of the molecule is CNC(=O)c1cccc(NCc2cccc(S(=O)(=O)N(C)C)c2)c1C. The minimum Gasteiger partial charge on any atom is -0.381 e. The molecule has 0 saturated heterocycles. The number of nitrogens with one attached hydrogen (secondary N) is 2. The Bertz CT molecular complexity index is 877. The third-order valence-electron chi connectivity index (χ3n) is 3.97. The molecule has 0 aliphatic heterocycles. The number of hydrogen-bond acceptors (Lipinski definition) is 4. The average Bonchev–Trinajstić information content (AvgIpc) is 2.60. The molecule has 2 rings (SSSR count). The highest BCUT2D eigenvalue weighted by Crippen LogP contribution is 2.21. The normalized spacial score (nSPS) is 11.4. The van der Waals surface area contributed by atoms with Gasteiger partial charge in [-0.2, -0.15) is 0 Å². The molecule has 0 radical (unpaired) electrons. The van der Waals surface area contributed by atoms with Crippen LogP contribution in [0.25, 0.3) is 0 Å². The third-order valence-corrected chi connectivity index (χ3v) is 5.78. The van der Waals surface area contributed by atoms with E-state index in [0.717, 1.165) is 16.8 Å². The Balaban J connectivity index is 2.22. The van der Waals surface area contributed by atoms with Crippen molar-refractivity contribution in [3.05, 3.63) is 59.2 Å². The quantitative estimate of drug-likeness (QED) is 0.827. The van der Waals surface area contributed by atoms with Gasteiger partial charge in [0.1, 0.15) is 0 Å². The van der Waals surface area contributed by atoms with Crippen LogP contribution in [-0.2, 0) is 16.6 Å². The number of hydrogen-bond donors (Lipinski definition) is 2. The van der Waals surface area contributed by atoms with Crippen molar-refractivity contribution >= 4 is 21.6 Å². The summed E-state index contributed by atoms with van der Waals surface area (Å²) in [5, 5.41) is 5.89. The lowest BCUT2D eigenvalue weighted by Crippen LogP contribution is -2.22. The Hall–Kier alpha value is -2.38. The minimum absolute atomic E-state index is 0.139. The molecule has 25 heavy (non-hydrogen) atoms. The maximum Gasteiger partial charge on any atom is 0.251 e. The zero-order valence-electron chi connectivity index (χ0n) is 14.8. The third kappa shape index (κ3) is 4.18. The lowest BCUT2D eigenvalue weighted by Gasteiger charge is -2.14. The van der Waals surface area contributed by atoms with E-state index in [2.05, 4.69) is 10.6 Å². The molecule has 0 heterocycles. The molecule has 1 amide bonds. The highest BCUT2D eigenvalue weighted by molar-refractivity contribution is 7.89. The van der Waals surface area contributed by atoms with Crippen molar-refractivity contribution in [2.24, 2.45) is 0 Å². The van der Waals surface area contributed by atoms with Crippen LogP contribution in [0.15, 0.2) is 47.4 Å². The Morgan fingerprint density at radius 3 is 2.44 bits per heavy atom. The fourth-order valence-corrected chi connectivity index (χ4v) is 3.40. The summed E-state index contributed by atoms with van der Waals surface area (Å²) in [7, 11) is 1.15. The second-order valence-corrected chi connectivity index (χ2v) is 8.00. The largest absolute Gasteiger partial charge is 0.381 e. The molecule has 0 fully saturated rings. The van der Waals surface area contributed by atoms with Crippen molar-refractivity contribution in [3.8, 4) is 0 Å². The summed E-state index contributed by atoms with van der Waals surface area (Å²) in [6.07, 6.45) is 0. The molecule has 2 aromatic carbocycles. The molecule has 6 nitrogen and oxygen atoms in total. The van der Waals surface area contributed by atoms with Gasteiger partial charge in [-0.15, -0.1) is 0 Å². The molecule has 0 spiro atoms. The van der Waals surface area contributed by atoms with E-state index in [-0.39, 0.29) is 10.8 Å². The number of rotatable bonds is 6. The van der Waals surface area contributed by atoms with Gasteiger partial charge < -0.3 is 10.6 Å². The zero-order valence-corrected chi connectivity index (χ0v) is 15.6. The number of carbonyl (C=O) groups is 1. The molecule has 2 N–H and O–H groups in total. The van der Waals surface area contributed by atoms with Gasteiger partial charge in [0.2, 0.25) is 10.0 Å². The summed E-state index contributed by atoms with van der Waals surface area (Å²) in [6.45, 7) is 2.33. The lowest BCUT2D eigenvalue weighted by atomic mass is 10.1. The summed E-state index contributed by atoms with van der Waals surface area (Å²) in [6, 6.07) is 12.3. The first kappa shape index (κ1) is 19.0. The first-order valence-electron chi connectivity index (χ1n) is 7.84. The first-order valence-corrected chi connectivity index (χ1v) is 9.28. The van der Waals surface area contributed by atoms with Crippen molar-refractivity contribution in [1.29, 1.82) is 0 Å². The molecular formula is C18H23N3O3S. The van der Waals surface area contributed by atoms with Crippen LogP contribution in [0.4, 0.5) is 5.69 Å². The zero-order chi connectivity index (χ0) is 18.6. The monoisotopic (exact) mass is 361 g/mol. The fraction of sp³-hybridized carbons (Fsp3) is 0.278. The molecule has 0 aliphatic carbocycles. The van der Waals surface area contributed by atoms with Crippen LogP contribution in [0, 0.1) is 6.92 Å². The fourth-order valence-electron chi connectivity index (χ4n) is 2.43. The second-order valence-electron chi connectivity index (χ2n) is 5.85. The summed E-state index contributed by atoms with van der Waals surface area (Å²) in [5.74, 6) is -0.139. The maximum absolute atomic E-state index is 12.2. The molecule has 0 atom stereocenters. The number of carbonyl (C=O) groups excluding carboxylic acids is 1. The van der Waals surface area contributed by atoms with E-state index in [1.807, 2.05) is 25.1 Å². The van der Waals surface area contributed by atoms with Gasteiger partial charge in [-0.3, -0.25) is 4.79 Å². The van der Waals surface area contributed by atoms with Crippen molar-refractivity contribution in [1.82, 2.24) is 9.62 Å². The first-order chi connectivity index (χ1) is 11.8. The second kappa shape index (κ2) is 7.67. The van der Waals surface area contributed by atoms with E-state index in [9.17, 15) is 13.2 Å². The van der Waals surface area contributed by atoms with Gasteiger partial charge in [0.25, 0.3) is 5.91 Å². The van der Waals surface area contributed by atoms with Crippen LogP contribution in [0.2, 0.25) is 0 Å². The van der Waals surface area contributed by atoms with Gasteiger partial charge in [0, 0.05) is 38.9 Å². The van der Waals surface area contributed by atoms with Crippen LogP contribution in [0.1, 0.15) is 21.5 Å². The number of benzene rings is 2. The van der Waals surface area contributed by atoms with Gasteiger partial charge in [-0.25, -0.2) is 12.7 Å². The summed E-state index contributed by atoms with van der Waals surface area (Å²) in [5.41, 5.74) is 3.13. The van der Waals surface area contributed by atoms with E-state index in [1.165, 1.54) is 18.4 Å². The predicted octanol–water partition coefficient (Wildman–Crippen LogP) is 2.22. The van der Waals surface area contributed by atoms with Gasteiger partial charge in [0.15, 0.2) is 0 Å². The molecule has 2 aromatic rings. The van der Waals surface area contributed by atoms with Crippen LogP contribution in [-0.4, -0.2) is 39.8 Å². The van der Waals surface area contributed by atoms with E-state index in [0.29, 0.717) is 12.1 Å². The minimum atomic E-state index is -3.46. The summed E-state index contributed by atoms with van der Waals surface area (Å²) in [4.78, 5) is 12.1. The van der Waals surface area contributed by atoms with E-state index in [1.54, 1.807) is 31.3 Å². The van der Waals surface area contributed by atoms with Crippen molar-refractivity contribution in [2.45, 2.75) is 18.4 Å². The Kier molecular flexibility index (Phi) is 5.81. The van der Waals surface area contributed by atoms with E-state index in [4.69, 9.17) is 0 Å². The summed E-state index contributed by atoms with van der Waals surface area (Å²) < 4.78 is 25.6. The van der Waals surface area contributed by atoms with E-state index < -0.39 is 10.0 Å². The molecular weight excluding hydrogens is 338 g/mol. The van der Waals surface area contributed by atoms with Gasteiger partial charge in [-0.1, -0.05) is 18.2 Å². The van der Waals surface area contributed by atoms with Gasteiger partial charge in [0.05, 0.1) is 4.90 Å². The van der Waals surface area contributed by atoms with E-state index >= 15 is 0 Å². The molecule has 0 bridgehead atoms. The van der Waals surface area contributed by atoms with Gasteiger partial charge in [-0.05, 0) is 42.3 Å². The van der Waals surface area contributed by atoms with Crippen LogP contribution in [0.5, 0.6) is 0 Å². The number of amides is 1. The Morgan fingerprint density at radius 1 is 1.12 bits per heavy atom. The van der Waals surface area contributed by atoms with Gasteiger partial charge >= 0.3 is 0 Å². The maximum atomic E-state index is 12.2. The Labute approximate surface area is 148 Å². The summed E-state index contributed by atoms with van der Waals surface area (Å²) >= 11 is 0. The topological polar surface area (TPSA) is 78.5 Å². The predicted molar refractivity (Wildman–Crippen MR) is 99.2 cm³/mol. The lowest BCUT2D eigenvalue weighted by molar-refractivity contribution is 0.0962. The number of nitrogens with zero attached hydrogens (tertiary/aromatic N) is 1. The molecule has 134 valence electrons. The van der Waals surface area contributed by atoms with Crippen LogP contribution >= 0.6 is 0 Å². The van der Waals surface area contributed by atoms with Crippen molar-refractivity contribution in [3.63, 3.8) is 0 Å². The molecule has 7 heteroatoms. The molecule has 0 unspecified atom stereocenters. The van der Waals surface area contributed by atoms with Crippen molar-refractivity contribution in [2.75, 3.05) is 26.5 Å². The average molecular weight is 361 g/mol.